The van der Waals surface area contributed by atoms with Gasteiger partial charge in [0.2, 0.25) is 0 Å². The molecular weight excluding hydrogens is 198 g/mol. The molecule has 0 fully saturated rings. The quantitative estimate of drug-likeness (QED) is 0.536. The number of ether oxygens (including phenoxy) is 2. The topological polar surface area (TPSA) is 18.5 Å². The van der Waals surface area contributed by atoms with Gasteiger partial charge < -0.3 is 9.47 Å². The zero-order chi connectivity index (χ0) is 10.4. The fourth-order valence-electron chi connectivity index (χ4n) is 1.11. The summed E-state index contributed by atoms with van der Waals surface area (Å²) in [6.45, 7) is 1.35. The Morgan fingerprint density at radius 2 is 2.14 bits per heavy atom. The minimum Gasteiger partial charge on any atom is -0.492 e. The number of halogens is 1. The van der Waals surface area contributed by atoms with E-state index < -0.39 is 0 Å². The first-order chi connectivity index (χ1) is 6.74. The maximum absolute atomic E-state index is 5.95. The molecule has 4 heteroatoms. The molecule has 1 aromatic carbocycles. The fraction of sp³-hybridized carbons (Fsp3) is 0.400. The maximum atomic E-state index is 5.95. The smallest absolute Gasteiger partial charge is 0.139 e. The number of rotatable bonds is 5. The molecule has 0 atom stereocenters. The van der Waals surface area contributed by atoms with Crippen molar-refractivity contribution in [3.05, 3.63) is 23.2 Å². The van der Waals surface area contributed by atoms with Crippen LogP contribution >= 0.6 is 11.6 Å². The van der Waals surface area contributed by atoms with Gasteiger partial charge in [-0.3, -0.25) is 0 Å². The van der Waals surface area contributed by atoms with Crippen LogP contribution in [0, 0.1) is 0 Å². The Hall–Kier alpha value is -0.665. The van der Waals surface area contributed by atoms with Crippen molar-refractivity contribution < 1.29 is 9.47 Å². The Morgan fingerprint density at radius 1 is 1.36 bits per heavy atom. The van der Waals surface area contributed by atoms with Gasteiger partial charge in [0.25, 0.3) is 0 Å². The molecule has 0 saturated carbocycles. The predicted molar refractivity (Wildman–Crippen MR) is 61.6 cm³/mol. The number of methoxy groups -OCH3 is 1. The third-order valence-corrected chi connectivity index (χ3v) is 2.15. The second-order valence-electron chi connectivity index (χ2n) is 3.13. The SMILES string of the molecule is Bc1ccc(Cl)c(OCCCOC)c1. The summed E-state index contributed by atoms with van der Waals surface area (Å²) >= 11 is 5.95. The molecule has 14 heavy (non-hydrogen) atoms. The van der Waals surface area contributed by atoms with Gasteiger partial charge in [0, 0.05) is 20.1 Å². The minimum atomic E-state index is 0.636. The summed E-state index contributed by atoms with van der Waals surface area (Å²) in [5.74, 6) is 0.753. The van der Waals surface area contributed by atoms with Crippen LogP contribution in [0.4, 0.5) is 0 Å². The standard InChI is InChI=1S/C10H14BClO2/c1-13-5-2-6-14-10-7-8(11)3-4-9(10)12/h3-4,7H,2,5-6,11H2,1H3. The van der Waals surface area contributed by atoms with E-state index in [1.54, 1.807) is 7.11 Å². The normalized spacial score (nSPS) is 10.1. The summed E-state index contributed by atoms with van der Waals surface area (Å²) in [5.41, 5.74) is 1.15. The molecule has 0 amide bonds. The molecular formula is C10H14BClO2. The monoisotopic (exact) mass is 212 g/mol. The molecule has 0 aromatic heterocycles. The summed E-state index contributed by atoms with van der Waals surface area (Å²) in [5, 5.41) is 0.660. The minimum absolute atomic E-state index is 0.636. The molecule has 76 valence electrons. The van der Waals surface area contributed by atoms with Crippen LogP contribution in [0.1, 0.15) is 6.42 Å². The van der Waals surface area contributed by atoms with E-state index in [9.17, 15) is 0 Å². The van der Waals surface area contributed by atoms with E-state index in [1.165, 1.54) is 0 Å². The molecule has 1 aromatic rings. The second-order valence-corrected chi connectivity index (χ2v) is 3.54. The first-order valence-electron chi connectivity index (χ1n) is 4.62. The van der Waals surface area contributed by atoms with Crippen LogP contribution in [0.2, 0.25) is 5.02 Å². The van der Waals surface area contributed by atoms with Crippen molar-refractivity contribution in [2.45, 2.75) is 6.42 Å². The highest BCUT2D eigenvalue weighted by Gasteiger charge is 2.00. The van der Waals surface area contributed by atoms with Crippen LogP contribution in [0.25, 0.3) is 0 Å². The highest BCUT2D eigenvalue weighted by Crippen LogP contribution is 2.21. The number of hydrogen-bond acceptors (Lipinski definition) is 2. The Balaban J connectivity index is 2.45. The average molecular weight is 212 g/mol. The lowest BCUT2D eigenvalue weighted by Gasteiger charge is -2.08. The number of benzene rings is 1. The first kappa shape index (κ1) is 11.4. The van der Waals surface area contributed by atoms with Gasteiger partial charge in [0.1, 0.15) is 13.6 Å². The zero-order valence-electron chi connectivity index (χ0n) is 8.55. The van der Waals surface area contributed by atoms with Crippen molar-refractivity contribution in [3.8, 4) is 5.75 Å². The van der Waals surface area contributed by atoms with E-state index in [0.717, 1.165) is 17.6 Å². The van der Waals surface area contributed by atoms with E-state index in [4.69, 9.17) is 21.1 Å². The molecule has 2 nitrogen and oxygen atoms in total. The van der Waals surface area contributed by atoms with Crippen LogP contribution in [0.15, 0.2) is 18.2 Å². The van der Waals surface area contributed by atoms with Gasteiger partial charge in [0.15, 0.2) is 0 Å². The Morgan fingerprint density at radius 3 is 2.86 bits per heavy atom. The van der Waals surface area contributed by atoms with Crippen LogP contribution in [0.5, 0.6) is 5.75 Å². The van der Waals surface area contributed by atoms with E-state index in [-0.39, 0.29) is 0 Å². The van der Waals surface area contributed by atoms with Crippen molar-refractivity contribution in [1.82, 2.24) is 0 Å². The number of hydrogen-bond donors (Lipinski definition) is 0. The van der Waals surface area contributed by atoms with Gasteiger partial charge in [-0.1, -0.05) is 23.1 Å². The van der Waals surface area contributed by atoms with Crippen LogP contribution in [-0.2, 0) is 4.74 Å². The van der Waals surface area contributed by atoms with E-state index >= 15 is 0 Å². The van der Waals surface area contributed by atoms with E-state index in [2.05, 4.69) is 0 Å². The lowest BCUT2D eigenvalue weighted by molar-refractivity contribution is 0.172. The zero-order valence-corrected chi connectivity index (χ0v) is 9.30. The molecule has 0 aliphatic carbocycles. The fourth-order valence-corrected chi connectivity index (χ4v) is 1.28. The van der Waals surface area contributed by atoms with E-state index in [0.29, 0.717) is 18.2 Å². The molecule has 0 bridgehead atoms. The molecule has 0 aliphatic rings. The van der Waals surface area contributed by atoms with Gasteiger partial charge >= 0.3 is 0 Å². The summed E-state index contributed by atoms with van der Waals surface area (Å²) < 4.78 is 10.4. The molecule has 0 heterocycles. The third-order valence-electron chi connectivity index (χ3n) is 1.84. The largest absolute Gasteiger partial charge is 0.492 e. The van der Waals surface area contributed by atoms with Crippen molar-refractivity contribution >= 4 is 24.9 Å². The Labute approximate surface area is 90.6 Å². The molecule has 0 N–H and O–H groups in total. The van der Waals surface area contributed by atoms with Crippen LogP contribution in [-0.4, -0.2) is 28.2 Å². The maximum Gasteiger partial charge on any atom is 0.139 e. The molecule has 0 unspecified atom stereocenters. The summed E-state index contributed by atoms with van der Waals surface area (Å²) in [4.78, 5) is 0. The summed E-state index contributed by atoms with van der Waals surface area (Å²) in [6, 6.07) is 5.75. The Kier molecular flexibility index (Phi) is 4.84. The van der Waals surface area contributed by atoms with Gasteiger partial charge in [-0.2, -0.15) is 0 Å². The van der Waals surface area contributed by atoms with Crippen molar-refractivity contribution in [1.29, 1.82) is 0 Å². The molecule has 0 radical (unpaired) electrons. The van der Waals surface area contributed by atoms with Gasteiger partial charge in [-0.05, 0) is 12.1 Å². The van der Waals surface area contributed by atoms with Gasteiger partial charge in [-0.25, -0.2) is 0 Å². The lowest BCUT2D eigenvalue weighted by Crippen LogP contribution is -2.06. The third kappa shape index (κ3) is 3.60. The first-order valence-corrected chi connectivity index (χ1v) is 4.99. The van der Waals surface area contributed by atoms with Crippen molar-refractivity contribution in [2.24, 2.45) is 0 Å². The summed E-state index contributed by atoms with van der Waals surface area (Å²) in [6.07, 6.45) is 0.876. The lowest BCUT2D eigenvalue weighted by atomic mass is 9.96. The predicted octanol–water partition coefficient (Wildman–Crippen LogP) is 1.01. The molecule has 0 spiro atoms. The van der Waals surface area contributed by atoms with E-state index in [1.807, 2.05) is 26.0 Å². The average Bonchev–Trinajstić information content (AvgIpc) is 2.18. The molecule has 0 aliphatic heterocycles. The summed E-state index contributed by atoms with van der Waals surface area (Å²) in [7, 11) is 3.69. The molecule has 1 rings (SSSR count). The van der Waals surface area contributed by atoms with Crippen LogP contribution < -0.4 is 10.2 Å². The molecule has 0 saturated heterocycles. The second kappa shape index (κ2) is 5.94. The van der Waals surface area contributed by atoms with Gasteiger partial charge in [0.05, 0.1) is 11.6 Å². The highest BCUT2D eigenvalue weighted by molar-refractivity contribution is 6.35. The van der Waals surface area contributed by atoms with Crippen molar-refractivity contribution in [2.75, 3.05) is 20.3 Å². The van der Waals surface area contributed by atoms with Crippen LogP contribution in [0.3, 0.4) is 0 Å². The highest BCUT2D eigenvalue weighted by atomic mass is 35.5. The van der Waals surface area contributed by atoms with Crippen molar-refractivity contribution in [3.63, 3.8) is 0 Å². The Bertz CT molecular complexity index is 291. The van der Waals surface area contributed by atoms with Gasteiger partial charge in [-0.15, -0.1) is 0 Å².